The molecule has 0 fully saturated rings. The highest BCUT2D eigenvalue weighted by atomic mass is 32.1. The predicted octanol–water partition coefficient (Wildman–Crippen LogP) is 2.94. The molecule has 8 heteroatoms. The number of amides is 1. The lowest BCUT2D eigenvalue weighted by Gasteiger charge is -2.09. The summed E-state index contributed by atoms with van der Waals surface area (Å²) in [5.41, 5.74) is 3.86. The maximum atomic E-state index is 12.9. The van der Waals surface area contributed by atoms with Crippen molar-refractivity contribution in [2.24, 2.45) is 7.05 Å². The first-order valence-electron chi connectivity index (χ1n) is 8.69. The van der Waals surface area contributed by atoms with Gasteiger partial charge >= 0.3 is 0 Å². The molecule has 0 spiro atoms. The van der Waals surface area contributed by atoms with Crippen LogP contribution in [-0.4, -0.2) is 37.0 Å². The molecule has 4 aromatic rings. The maximum absolute atomic E-state index is 12.9. The van der Waals surface area contributed by atoms with Crippen LogP contribution in [0, 0.1) is 13.8 Å². The van der Waals surface area contributed by atoms with Crippen molar-refractivity contribution >= 4 is 28.3 Å². The SMILES string of the molecule is Cc1ccn(CCNC(=O)c2cc(-c3cccs3)nc3c2c(C)nn3C)n1. The lowest BCUT2D eigenvalue weighted by Crippen LogP contribution is -2.27. The van der Waals surface area contributed by atoms with Crippen molar-refractivity contribution in [2.45, 2.75) is 20.4 Å². The second-order valence-corrected chi connectivity index (χ2v) is 7.36. The number of aromatic nitrogens is 5. The summed E-state index contributed by atoms with van der Waals surface area (Å²) >= 11 is 1.60. The molecule has 0 radical (unpaired) electrons. The number of rotatable bonds is 5. The standard InChI is InChI=1S/C19H20N6OS/c1-12-6-8-25(22-12)9-7-20-19(26)14-11-15(16-5-4-10-27-16)21-18-17(14)13(2)23-24(18)3/h4-6,8,10-11H,7,9H2,1-3H3,(H,20,26). The van der Waals surface area contributed by atoms with Crippen molar-refractivity contribution in [1.29, 1.82) is 0 Å². The van der Waals surface area contributed by atoms with Crippen LogP contribution in [0.15, 0.2) is 35.8 Å². The van der Waals surface area contributed by atoms with Gasteiger partial charge in [0.1, 0.15) is 0 Å². The van der Waals surface area contributed by atoms with E-state index in [1.807, 2.05) is 61.4 Å². The van der Waals surface area contributed by atoms with Crippen LogP contribution in [0.4, 0.5) is 0 Å². The van der Waals surface area contributed by atoms with Gasteiger partial charge < -0.3 is 5.32 Å². The molecule has 4 rings (SSSR count). The van der Waals surface area contributed by atoms with Crippen LogP contribution in [0.1, 0.15) is 21.7 Å². The molecule has 1 N–H and O–H groups in total. The van der Waals surface area contributed by atoms with Crippen molar-refractivity contribution in [2.75, 3.05) is 6.54 Å². The number of aryl methyl sites for hydroxylation is 3. The van der Waals surface area contributed by atoms with Crippen molar-refractivity contribution in [1.82, 2.24) is 29.9 Å². The molecule has 7 nitrogen and oxygen atoms in total. The fourth-order valence-corrected chi connectivity index (χ4v) is 3.83. The minimum atomic E-state index is -0.125. The fourth-order valence-electron chi connectivity index (χ4n) is 3.14. The number of nitrogens with zero attached hydrogens (tertiary/aromatic N) is 5. The van der Waals surface area contributed by atoms with E-state index in [1.165, 1.54) is 0 Å². The van der Waals surface area contributed by atoms with Crippen molar-refractivity contribution in [3.8, 4) is 10.6 Å². The summed E-state index contributed by atoms with van der Waals surface area (Å²) in [6, 6.07) is 7.78. The summed E-state index contributed by atoms with van der Waals surface area (Å²) in [4.78, 5) is 18.7. The van der Waals surface area contributed by atoms with E-state index in [1.54, 1.807) is 16.0 Å². The average molecular weight is 380 g/mol. The van der Waals surface area contributed by atoms with Crippen LogP contribution in [0.3, 0.4) is 0 Å². The smallest absolute Gasteiger partial charge is 0.252 e. The number of fused-ring (bicyclic) bond motifs is 1. The van der Waals surface area contributed by atoms with Gasteiger partial charge in [-0.05, 0) is 37.4 Å². The molecule has 0 aliphatic carbocycles. The second-order valence-electron chi connectivity index (χ2n) is 6.42. The van der Waals surface area contributed by atoms with Gasteiger partial charge in [-0.15, -0.1) is 11.3 Å². The van der Waals surface area contributed by atoms with E-state index in [4.69, 9.17) is 4.98 Å². The highest BCUT2D eigenvalue weighted by Crippen LogP contribution is 2.29. The molecule has 0 saturated carbocycles. The van der Waals surface area contributed by atoms with Gasteiger partial charge in [0.05, 0.1) is 39.5 Å². The lowest BCUT2D eigenvalue weighted by atomic mass is 10.1. The van der Waals surface area contributed by atoms with Gasteiger partial charge in [0, 0.05) is 19.8 Å². The first kappa shape index (κ1) is 17.4. The summed E-state index contributed by atoms with van der Waals surface area (Å²) in [5.74, 6) is -0.125. The number of hydrogen-bond donors (Lipinski definition) is 1. The highest BCUT2D eigenvalue weighted by molar-refractivity contribution is 7.13. The number of thiophene rings is 1. The molecular weight excluding hydrogens is 360 g/mol. The number of carbonyl (C=O) groups is 1. The Hall–Kier alpha value is -3.00. The van der Waals surface area contributed by atoms with E-state index in [0.717, 1.165) is 27.3 Å². The topological polar surface area (TPSA) is 77.6 Å². The normalized spacial score (nSPS) is 11.2. The maximum Gasteiger partial charge on any atom is 0.252 e. The van der Waals surface area contributed by atoms with E-state index < -0.39 is 0 Å². The largest absolute Gasteiger partial charge is 0.350 e. The minimum absolute atomic E-state index is 0.125. The Balaban J connectivity index is 1.65. The van der Waals surface area contributed by atoms with Crippen LogP contribution >= 0.6 is 11.3 Å². The molecule has 0 atom stereocenters. The Kier molecular flexibility index (Phi) is 4.49. The van der Waals surface area contributed by atoms with Gasteiger partial charge in [-0.25, -0.2) is 4.98 Å². The number of nitrogens with one attached hydrogen (secondary N) is 1. The van der Waals surface area contributed by atoms with E-state index in [-0.39, 0.29) is 5.91 Å². The van der Waals surface area contributed by atoms with Crippen molar-refractivity contribution < 1.29 is 4.79 Å². The van der Waals surface area contributed by atoms with Crippen LogP contribution in [0.2, 0.25) is 0 Å². The van der Waals surface area contributed by atoms with Gasteiger partial charge in [-0.3, -0.25) is 14.2 Å². The third kappa shape index (κ3) is 3.35. The van der Waals surface area contributed by atoms with Crippen LogP contribution < -0.4 is 5.32 Å². The highest BCUT2D eigenvalue weighted by Gasteiger charge is 2.19. The second kappa shape index (κ2) is 6.96. The quantitative estimate of drug-likeness (QED) is 0.577. The molecule has 0 aliphatic rings. The van der Waals surface area contributed by atoms with Gasteiger partial charge in [0.25, 0.3) is 5.91 Å². The summed E-state index contributed by atoms with van der Waals surface area (Å²) < 4.78 is 3.55. The van der Waals surface area contributed by atoms with Gasteiger partial charge in [-0.1, -0.05) is 6.07 Å². The third-order valence-electron chi connectivity index (χ3n) is 4.39. The van der Waals surface area contributed by atoms with Crippen molar-refractivity contribution in [3.63, 3.8) is 0 Å². The molecular formula is C19H20N6OS. The molecule has 4 aromatic heterocycles. The van der Waals surface area contributed by atoms with E-state index in [9.17, 15) is 4.79 Å². The Morgan fingerprint density at radius 1 is 1.26 bits per heavy atom. The zero-order valence-corrected chi connectivity index (χ0v) is 16.2. The molecule has 0 saturated heterocycles. The molecule has 0 aliphatic heterocycles. The predicted molar refractivity (Wildman–Crippen MR) is 106 cm³/mol. The summed E-state index contributed by atoms with van der Waals surface area (Å²) in [7, 11) is 1.85. The molecule has 138 valence electrons. The van der Waals surface area contributed by atoms with Crippen LogP contribution in [0.5, 0.6) is 0 Å². The molecule has 0 bridgehead atoms. The first-order chi connectivity index (χ1) is 13.0. The van der Waals surface area contributed by atoms with E-state index >= 15 is 0 Å². The molecule has 27 heavy (non-hydrogen) atoms. The van der Waals surface area contributed by atoms with E-state index in [0.29, 0.717) is 24.3 Å². The Morgan fingerprint density at radius 3 is 2.81 bits per heavy atom. The number of hydrogen-bond acceptors (Lipinski definition) is 5. The fraction of sp³-hybridized carbons (Fsp3) is 0.263. The number of carbonyl (C=O) groups excluding carboxylic acids is 1. The van der Waals surface area contributed by atoms with Gasteiger partial charge in [-0.2, -0.15) is 10.2 Å². The Labute approximate surface area is 160 Å². The van der Waals surface area contributed by atoms with Gasteiger partial charge in [0.2, 0.25) is 0 Å². The Morgan fingerprint density at radius 2 is 2.11 bits per heavy atom. The average Bonchev–Trinajstić information content (AvgIpc) is 3.37. The lowest BCUT2D eigenvalue weighted by molar-refractivity contribution is 0.0953. The summed E-state index contributed by atoms with van der Waals surface area (Å²) in [6.07, 6.45) is 1.91. The minimum Gasteiger partial charge on any atom is -0.350 e. The zero-order valence-electron chi connectivity index (χ0n) is 15.4. The number of pyridine rings is 1. The molecule has 4 heterocycles. The third-order valence-corrected chi connectivity index (χ3v) is 5.28. The zero-order chi connectivity index (χ0) is 19.0. The molecule has 0 unspecified atom stereocenters. The van der Waals surface area contributed by atoms with Gasteiger partial charge in [0.15, 0.2) is 5.65 Å². The molecule has 0 aromatic carbocycles. The van der Waals surface area contributed by atoms with Crippen LogP contribution in [-0.2, 0) is 13.6 Å². The summed E-state index contributed by atoms with van der Waals surface area (Å²) in [6.45, 7) is 4.97. The first-order valence-corrected chi connectivity index (χ1v) is 9.57. The Bertz CT molecular complexity index is 1110. The van der Waals surface area contributed by atoms with Crippen molar-refractivity contribution in [3.05, 3.63) is 52.8 Å². The summed E-state index contributed by atoms with van der Waals surface area (Å²) in [5, 5.41) is 14.6. The molecule has 1 amide bonds. The van der Waals surface area contributed by atoms with Crippen LogP contribution in [0.25, 0.3) is 21.6 Å². The van der Waals surface area contributed by atoms with E-state index in [2.05, 4.69) is 15.5 Å². The monoisotopic (exact) mass is 380 g/mol.